The van der Waals surface area contributed by atoms with Crippen LogP contribution in [0.1, 0.15) is 25.0 Å². The van der Waals surface area contributed by atoms with Crippen molar-refractivity contribution in [3.8, 4) is 5.75 Å². The summed E-state index contributed by atoms with van der Waals surface area (Å²) in [6.45, 7) is 9.88. The van der Waals surface area contributed by atoms with Gasteiger partial charge in [-0.3, -0.25) is 4.90 Å². The number of nitrogens with one attached hydrogen (secondary N) is 1. The van der Waals surface area contributed by atoms with Gasteiger partial charge in [-0.1, -0.05) is 19.9 Å². The maximum atomic E-state index is 5.45. The zero-order valence-electron chi connectivity index (χ0n) is 12.8. The Balaban J connectivity index is 2.03. The molecule has 4 nitrogen and oxygen atoms in total. The van der Waals surface area contributed by atoms with E-state index in [0.717, 1.165) is 45.1 Å². The summed E-state index contributed by atoms with van der Waals surface area (Å²) < 4.78 is 10.8. The van der Waals surface area contributed by atoms with Crippen molar-refractivity contribution in [2.75, 3.05) is 33.4 Å². The van der Waals surface area contributed by atoms with Gasteiger partial charge in [0.15, 0.2) is 0 Å². The highest BCUT2D eigenvalue weighted by Crippen LogP contribution is 2.21. The number of ether oxygens (including phenoxy) is 2. The predicted molar refractivity (Wildman–Crippen MR) is 81.1 cm³/mol. The fraction of sp³-hybridized carbons (Fsp3) is 0.625. The Labute approximate surface area is 122 Å². The molecule has 0 saturated carbocycles. The zero-order valence-corrected chi connectivity index (χ0v) is 12.8. The topological polar surface area (TPSA) is 33.7 Å². The molecule has 1 aliphatic rings. The van der Waals surface area contributed by atoms with Crippen LogP contribution in [0.25, 0.3) is 0 Å². The molecule has 0 spiro atoms. The zero-order chi connectivity index (χ0) is 14.4. The predicted octanol–water partition coefficient (Wildman–Crippen LogP) is 2.03. The summed E-state index contributed by atoms with van der Waals surface area (Å²) >= 11 is 0. The van der Waals surface area contributed by atoms with Crippen LogP contribution in [0.15, 0.2) is 18.2 Å². The first-order valence-corrected chi connectivity index (χ1v) is 7.38. The highest BCUT2D eigenvalue weighted by Gasteiger charge is 2.12. The summed E-state index contributed by atoms with van der Waals surface area (Å²) in [7, 11) is 1.73. The Bertz CT molecular complexity index is 415. The smallest absolute Gasteiger partial charge is 0.123 e. The molecule has 0 aromatic heterocycles. The van der Waals surface area contributed by atoms with Crippen molar-refractivity contribution in [3.05, 3.63) is 29.3 Å². The maximum Gasteiger partial charge on any atom is 0.123 e. The molecule has 0 radical (unpaired) electrons. The van der Waals surface area contributed by atoms with E-state index < -0.39 is 0 Å². The van der Waals surface area contributed by atoms with Crippen molar-refractivity contribution in [1.29, 1.82) is 0 Å². The number of morpholine rings is 1. The Kier molecular flexibility index (Phi) is 5.83. The van der Waals surface area contributed by atoms with Gasteiger partial charge in [-0.15, -0.1) is 0 Å². The summed E-state index contributed by atoms with van der Waals surface area (Å²) in [5, 5.41) is 3.45. The first kappa shape index (κ1) is 15.3. The van der Waals surface area contributed by atoms with Crippen LogP contribution in [-0.2, 0) is 17.8 Å². The Morgan fingerprint density at radius 2 is 2.05 bits per heavy atom. The van der Waals surface area contributed by atoms with E-state index in [0.29, 0.717) is 6.04 Å². The quantitative estimate of drug-likeness (QED) is 0.863. The lowest BCUT2D eigenvalue weighted by atomic mass is 10.1. The minimum absolute atomic E-state index is 0.475. The van der Waals surface area contributed by atoms with Gasteiger partial charge in [0.1, 0.15) is 5.75 Å². The van der Waals surface area contributed by atoms with Crippen LogP contribution in [0.3, 0.4) is 0 Å². The van der Waals surface area contributed by atoms with Crippen LogP contribution in [0.2, 0.25) is 0 Å². The van der Waals surface area contributed by atoms with Gasteiger partial charge in [0.2, 0.25) is 0 Å². The molecular formula is C16H26N2O2. The van der Waals surface area contributed by atoms with E-state index in [-0.39, 0.29) is 0 Å². The number of hydrogen-bond acceptors (Lipinski definition) is 4. The lowest BCUT2D eigenvalue weighted by Crippen LogP contribution is -2.35. The van der Waals surface area contributed by atoms with Crippen molar-refractivity contribution in [2.24, 2.45) is 0 Å². The molecule has 1 N–H and O–H groups in total. The van der Waals surface area contributed by atoms with E-state index in [2.05, 4.69) is 42.3 Å². The molecule has 1 aliphatic heterocycles. The fourth-order valence-electron chi connectivity index (χ4n) is 2.40. The van der Waals surface area contributed by atoms with Crippen LogP contribution < -0.4 is 10.1 Å². The Morgan fingerprint density at radius 1 is 1.30 bits per heavy atom. The van der Waals surface area contributed by atoms with Gasteiger partial charge < -0.3 is 14.8 Å². The summed E-state index contributed by atoms with van der Waals surface area (Å²) in [6.07, 6.45) is 0. The average Bonchev–Trinajstić information content (AvgIpc) is 2.46. The second-order valence-corrected chi connectivity index (χ2v) is 5.57. The molecule has 4 heteroatoms. The molecule has 1 aromatic carbocycles. The maximum absolute atomic E-state index is 5.45. The molecule has 1 fully saturated rings. The second kappa shape index (κ2) is 7.62. The van der Waals surface area contributed by atoms with Crippen molar-refractivity contribution in [1.82, 2.24) is 10.2 Å². The highest BCUT2D eigenvalue weighted by atomic mass is 16.5. The third-order valence-electron chi connectivity index (χ3n) is 3.56. The monoisotopic (exact) mass is 278 g/mol. The Morgan fingerprint density at radius 3 is 2.70 bits per heavy atom. The van der Waals surface area contributed by atoms with E-state index in [1.54, 1.807) is 7.11 Å². The normalized spacial score (nSPS) is 16.6. The summed E-state index contributed by atoms with van der Waals surface area (Å²) in [4.78, 5) is 2.44. The van der Waals surface area contributed by atoms with Gasteiger partial charge in [-0.25, -0.2) is 0 Å². The largest absolute Gasteiger partial charge is 0.496 e. The van der Waals surface area contributed by atoms with Gasteiger partial charge >= 0.3 is 0 Å². The van der Waals surface area contributed by atoms with Crippen molar-refractivity contribution in [3.63, 3.8) is 0 Å². The number of methoxy groups -OCH3 is 1. The third-order valence-corrected chi connectivity index (χ3v) is 3.56. The molecule has 0 atom stereocenters. The first-order chi connectivity index (χ1) is 9.69. The van der Waals surface area contributed by atoms with Gasteiger partial charge in [0.25, 0.3) is 0 Å². The number of rotatable bonds is 6. The van der Waals surface area contributed by atoms with Crippen molar-refractivity contribution < 1.29 is 9.47 Å². The Hall–Kier alpha value is -1.10. The molecule has 20 heavy (non-hydrogen) atoms. The van der Waals surface area contributed by atoms with Crippen LogP contribution in [0.5, 0.6) is 5.75 Å². The van der Waals surface area contributed by atoms with Crippen LogP contribution in [0, 0.1) is 0 Å². The van der Waals surface area contributed by atoms with E-state index in [1.165, 1.54) is 11.1 Å². The molecule has 2 rings (SSSR count). The molecule has 0 bridgehead atoms. The molecule has 0 amide bonds. The first-order valence-electron chi connectivity index (χ1n) is 7.38. The molecule has 0 aliphatic carbocycles. The third kappa shape index (κ3) is 4.47. The summed E-state index contributed by atoms with van der Waals surface area (Å²) in [5.74, 6) is 0.962. The molecule has 1 heterocycles. The molecular weight excluding hydrogens is 252 g/mol. The van der Waals surface area contributed by atoms with Gasteiger partial charge in [0.05, 0.1) is 20.3 Å². The SMILES string of the molecule is COc1ccc(CN2CCOCC2)cc1CNC(C)C. The van der Waals surface area contributed by atoms with E-state index in [4.69, 9.17) is 9.47 Å². The second-order valence-electron chi connectivity index (χ2n) is 5.57. The lowest BCUT2D eigenvalue weighted by Gasteiger charge is -2.27. The molecule has 112 valence electrons. The minimum atomic E-state index is 0.475. The lowest BCUT2D eigenvalue weighted by molar-refractivity contribution is 0.0342. The van der Waals surface area contributed by atoms with Crippen molar-refractivity contribution in [2.45, 2.75) is 33.0 Å². The standard InChI is InChI=1S/C16H26N2O2/c1-13(2)17-11-15-10-14(4-5-16(15)19-3)12-18-6-8-20-9-7-18/h4-5,10,13,17H,6-9,11-12H2,1-3H3. The number of hydrogen-bond donors (Lipinski definition) is 1. The summed E-state index contributed by atoms with van der Waals surface area (Å²) in [6, 6.07) is 6.96. The van der Waals surface area contributed by atoms with Gasteiger partial charge in [0, 0.05) is 37.8 Å². The minimum Gasteiger partial charge on any atom is -0.496 e. The average molecular weight is 278 g/mol. The molecule has 1 aromatic rings. The highest BCUT2D eigenvalue weighted by molar-refractivity contribution is 5.37. The van der Waals surface area contributed by atoms with Crippen molar-refractivity contribution >= 4 is 0 Å². The number of nitrogens with zero attached hydrogens (tertiary/aromatic N) is 1. The van der Waals surface area contributed by atoms with Crippen LogP contribution >= 0.6 is 0 Å². The van der Waals surface area contributed by atoms with Gasteiger partial charge in [-0.2, -0.15) is 0 Å². The molecule has 0 unspecified atom stereocenters. The summed E-state index contributed by atoms with van der Waals surface area (Å²) in [5.41, 5.74) is 2.57. The van der Waals surface area contributed by atoms with Crippen LogP contribution in [0.4, 0.5) is 0 Å². The van der Waals surface area contributed by atoms with Gasteiger partial charge in [-0.05, 0) is 17.7 Å². The van der Waals surface area contributed by atoms with E-state index in [1.807, 2.05) is 0 Å². The molecule has 1 saturated heterocycles. The van der Waals surface area contributed by atoms with E-state index >= 15 is 0 Å². The van der Waals surface area contributed by atoms with Crippen LogP contribution in [-0.4, -0.2) is 44.4 Å². The fourth-order valence-corrected chi connectivity index (χ4v) is 2.40. The number of benzene rings is 1. The van der Waals surface area contributed by atoms with E-state index in [9.17, 15) is 0 Å².